The van der Waals surface area contributed by atoms with E-state index in [0.717, 1.165) is 38.3 Å². The lowest BCUT2D eigenvalue weighted by molar-refractivity contribution is -0.0180. The molecule has 0 aliphatic heterocycles. The molecule has 1 aromatic heterocycles. The normalized spacial score (nSPS) is 25.9. The van der Waals surface area contributed by atoms with E-state index in [1.54, 1.807) is 0 Å². The van der Waals surface area contributed by atoms with Crippen LogP contribution in [-0.2, 0) is 10.0 Å². The summed E-state index contributed by atoms with van der Waals surface area (Å²) in [6, 6.07) is 1.23. The van der Waals surface area contributed by atoms with Crippen LogP contribution in [0.5, 0.6) is 5.88 Å². The summed E-state index contributed by atoms with van der Waals surface area (Å²) in [5.41, 5.74) is -0.538. The highest BCUT2D eigenvalue weighted by Crippen LogP contribution is 2.34. The van der Waals surface area contributed by atoms with Crippen molar-refractivity contribution in [3.05, 3.63) is 17.3 Å². The number of primary sulfonamides is 1. The SMILES string of the molecule is CCC1(O)CCC(COc2ncc(S(N)(=O)=O)cc2Cl)CC1. The number of ether oxygens (including phenoxy) is 1. The van der Waals surface area contributed by atoms with Gasteiger partial charge in [-0.2, -0.15) is 0 Å². The first-order valence-electron chi connectivity index (χ1n) is 7.27. The summed E-state index contributed by atoms with van der Waals surface area (Å²) in [6.07, 6.45) is 5.21. The number of nitrogens with two attached hydrogens (primary N) is 1. The lowest BCUT2D eigenvalue weighted by atomic mass is 9.78. The van der Waals surface area contributed by atoms with Crippen LogP contribution < -0.4 is 9.88 Å². The predicted molar refractivity (Wildman–Crippen MR) is 83.3 cm³/mol. The Morgan fingerprint density at radius 3 is 2.64 bits per heavy atom. The minimum absolute atomic E-state index is 0.118. The highest BCUT2D eigenvalue weighted by molar-refractivity contribution is 7.89. The molecule has 1 aromatic rings. The van der Waals surface area contributed by atoms with Gasteiger partial charge in [0.25, 0.3) is 0 Å². The number of aromatic nitrogens is 1. The molecule has 0 saturated heterocycles. The fraction of sp³-hybridized carbons (Fsp3) is 0.643. The maximum atomic E-state index is 11.2. The number of rotatable bonds is 5. The van der Waals surface area contributed by atoms with Crippen LogP contribution in [0, 0.1) is 5.92 Å². The van der Waals surface area contributed by atoms with Crippen LogP contribution in [0.15, 0.2) is 17.2 Å². The van der Waals surface area contributed by atoms with Gasteiger partial charge in [0.15, 0.2) is 0 Å². The van der Waals surface area contributed by atoms with Gasteiger partial charge in [-0.1, -0.05) is 18.5 Å². The smallest absolute Gasteiger partial charge is 0.239 e. The van der Waals surface area contributed by atoms with Gasteiger partial charge in [0, 0.05) is 0 Å². The van der Waals surface area contributed by atoms with Gasteiger partial charge >= 0.3 is 0 Å². The molecule has 3 N–H and O–H groups in total. The number of pyridine rings is 1. The molecule has 0 amide bonds. The number of hydrogen-bond donors (Lipinski definition) is 2. The Morgan fingerprint density at radius 2 is 2.14 bits per heavy atom. The van der Waals surface area contributed by atoms with E-state index in [1.807, 2.05) is 6.92 Å². The Morgan fingerprint density at radius 1 is 1.50 bits per heavy atom. The molecule has 0 unspecified atom stereocenters. The fourth-order valence-corrected chi connectivity index (χ4v) is 3.37. The van der Waals surface area contributed by atoms with Crippen molar-refractivity contribution in [2.75, 3.05) is 6.61 Å². The van der Waals surface area contributed by atoms with Crippen molar-refractivity contribution in [2.45, 2.75) is 49.5 Å². The van der Waals surface area contributed by atoms with Crippen LogP contribution in [0.3, 0.4) is 0 Å². The van der Waals surface area contributed by atoms with Crippen molar-refractivity contribution in [1.82, 2.24) is 4.98 Å². The Labute approximate surface area is 135 Å². The molecular formula is C14H21ClN2O4S. The third-order valence-corrected chi connectivity index (χ3v) is 5.41. The molecule has 0 spiro atoms. The molecule has 1 aliphatic carbocycles. The summed E-state index contributed by atoms with van der Waals surface area (Å²) in [4.78, 5) is 3.77. The third kappa shape index (κ3) is 4.32. The van der Waals surface area contributed by atoms with Crippen molar-refractivity contribution < 1.29 is 18.3 Å². The lowest BCUT2D eigenvalue weighted by Gasteiger charge is -2.35. The molecule has 124 valence electrons. The maximum Gasteiger partial charge on any atom is 0.239 e. The van der Waals surface area contributed by atoms with Crippen LogP contribution in [0.2, 0.25) is 5.02 Å². The van der Waals surface area contributed by atoms with E-state index in [1.165, 1.54) is 6.07 Å². The highest BCUT2D eigenvalue weighted by Gasteiger charge is 2.31. The van der Waals surface area contributed by atoms with Crippen molar-refractivity contribution >= 4 is 21.6 Å². The molecule has 8 heteroatoms. The van der Waals surface area contributed by atoms with Crippen LogP contribution in [-0.4, -0.2) is 30.7 Å². The van der Waals surface area contributed by atoms with Gasteiger partial charge in [0.1, 0.15) is 9.92 Å². The molecule has 22 heavy (non-hydrogen) atoms. The third-order valence-electron chi connectivity index (χ3n) is 4.26. The van der Waals surface area contributed by atoms with Crippen LogP contribution in [0.25, 0.3) is 0 Å². The van der Waals surface area contributed by atoms with E-state index in [4.69, 9.17) is 21.5 Å². The summed E-state index contributed by atoms with van der Waals surface area (Å²) in [5, 5.41) is 15.3. The van der Waals surface area contributed by atoms with Crippen molar-refractivity contribution in [1.29, 1.82) is 0 Å². The highest BCUT2D eigenvalue weighted by atomic mass is 35.5. The molecule has 6 nitrogen and oxygen atoms in total. The summed E-state index contributed by atoms with van der Waals surface area (Å²) in [5.74, 6) is 0.535. The van der Waals surface area contributed by atoms with Gasteiger partial charge in [0.2, 0.25) is 15.9 Å². The van der Waals surface area contributed by atoms with Gasteiger partial charge < -0.3 is 9.84 Å². The van der Waals surface area contributed by atoms with Crippen LogP contribution in [0.4, 0.5) is 0 Å². The first-order chi connectivity index (χ1) is 10.2. The van der Waals surface area contributed by atoms with E-state index >= 15 is 0 Å². The average Bonchev–Trinajstić information content (AvgIpc) is 2.47. The Balaban J connectivity index is 1.93. The van der Waals surface area contributed by atoms with Crippen LogP contribution in [0.1, 0.15) is 39.0 Å². The molecule has 2 rings (SSSR count). The minimum Gasteiger partial charge on any atom is -0.476 e. The first-order valence-corrected chi connectivity index (χ1v) is 9.19. The molecule has 1 aliphatic rings. The monoisotopic (exact) mass is 348 g/mol. The standard InChI is InChI=1S/C14H21ClN2O4S/c1-2-14(18)5-3-10(4-6-14)9-21-13-12(15)7-11(8-17-13)22(16,19)20/h7-8,10,18H,2-6,9H2,1H3,(H2,16,19,20). The number of nitrogens with zero attached hydrogens (tertiary/aromatic N) is 1. The Hall–Kier alpha value is -0.890. The van der Waals surface area contributed by atoms with Gasteiger partial charge in [-0.25, -0.2) is 18.5 Å². The number of sulfonamides is 1. The van der Waals surface area contributed by atoms with Crippen molar-refractivity contribution in [2.24, 2.45) is 11.1 Å². The number of halogens is 1. The van der Waals surface area contributed by atoms with E-state index in [2.05, 4.69) is 4.98 Å². The maximum absolute atomic E-state index is 11.2. The van der Waals surface area contributed by atoms with E-state index in [-0.39, 0.29) is 15.8 Å². The van der Waals surface area contributed by atoms with Gasteiger partial charge in [-0.3, -0.25) is 0 Å². The molecule has 1 saturated carbocycles. The fourth-order valence-electron chi connectivity index (χ4n) is 2.60. The molecule has 0 atom stereocenters. The largest absolute Gasteiger partial charge is 0.476 e. The second-order valence-corrected chi connectivity index (χ2v) is 7.80. The Bertz CT molecular complexity index is 628. The lowest BCUT2D eigenvalue weighted by Crippen LogP contribution is -2.34. The van der Waals surface area contributed by atoms with Crippen molar-refractivity contribution in [3.63, 3.8) is 0 Å². The van der Waals surface area contributed by atoms with E-state index in [0.29, 0.717) is 12.5 Å². The molecule has 1 heterocycles. The van der Waals surface area contributed by atoms with Crippen LogP contribution >= 0.6 is 11.6 Å². The van der Waals surface area contributed by atoms with E-state index in [9.17, 15) is 13.5 Å². The summed E-state index contributed by atoms with van der Waals surface area (Å²) in [6.45, 7) is 2.44. The minimum atomic E-state index is -3.82. The quantitative estimate of drug-likeness (QED) is 0.848. The summed E-state index contributed by atoms with van der Waals surface area (Å²) >= 11 is 5.97. The zero-order valence-electron chi connectivity index (χ0n) is 12.5. The van der Waals surface area contributed by atoms with Gasteiger partial charge in [0.05, 0.1) is 18.4 Å². The topological polar surface area (TPSA) is 103 Å². The second kappa shape index (κ2) is 6.70. The molecule has 0 radical (unpaired) electrons. The van der Waals surface area contributed by atoms with Gasteiger partial charge in [-0.15, -0.1) is 0 Å². The summed E-state index contributed by atoms with van der Waals surface area (Å²) in [7, 11) is -3.82. The van der Waals surface area contributed by atoms with Gasteiger partial charge in [-0.05, 0) is 44.1 Å². The first kappa shape index (κ1) is 17.5. The predicted octanol–water partition coefficient (Wildman–Crippen LogP) is 2.09. The zero-order valence-corrected chi connectivity index (χ0v) is 14.0. The number of aliphatic hydroxyl groups is 1. The molecule has 0 bridgehead atoms. The summed E-state index contributed by atoms with van der Waals surface area (Å²) < 4.78 is 28.0. The molecule has 0 aromatic carbocycles. The van der Waals surface area contributed by atoms with Crippen molar-refractivity contribution in [3.8, 4) is 5.88 Å². The van der Waals surface area contributed by atoms with E-state index < -0.39 is 15.6 Å². The Kier molecular flexibility index (Phi) is 5.32. The number of hydrogen-bond acceptors (Lipinski definition) is 5. The second-order valence-electron chi connectivity index (χ2n) is 5.84. The zero-order chi connectivity index (χ0) is 16.4. The molecule has 1 fully saturated rings. The average molecular weight is 349 g/mol. The molecular weight excluding hydrogens is 328 g/mol.